The second-order valence-corrected chi connectivity index (χ2v) is 14.1. The molecule has 2 bridgehead atoms. The van der Waals surface area contributed by atoms with Crippen LogP contribution in [0, 0.1) is 17.8 Å². The largest absolute Gasteiger partial charge is 0.485 e. The van der Waals surface area contributed by atoms with Crippen molar-refractivity contribution >= 4 is 23.6 Å². The van der Waals surface area contributed by atoms with Crippen molar-refractivity contribution in [3.05, 3.63) is 71.1 Å². The van der Waals surface area contributed by atoms with E-state index in [1.165, 1.54) is 22.9 Å². The number of nitrogens with zero attached hydrogens (tertiary/aromatic N) is 5. The lowest BCUT2D eigenvalue weighted by atomic mass is 10.0. The van der Waals surface area contributed by atoms with Crippen LogP contribution in [-0.4, -0.2) is 86.8 Å². The van der Waals surface area contributed by atoms with Crippen LogP contribution in [0.15, 0.2) is 40.9 Å². The van der Waals surface area contributed by atoms with E-state index < -0.39 is 53.6 Å². The van der Waals surface area contributed by atoms with E-state index in [2.05, 4.69) is 25.8 Å². The first-order valence-electron chi connectivity index (χ1n) is 18.5. The molecule has 0 spiro atoms. The maximum atomic E-state index is 14.7. The average molecular weight is 738 g/mol. The normalized spacial score (nSPS) is 21.8. The molecule has 2 aliphatic rings. The van der Waals surface area contributed by atoms with Crippen LogP contribution in [0.25, 0.3) is 0 Å². The first kappa shape index (κ1) is 39.3. The van der Waals surface area contributed by atoms with Gasteiger partial charge in [-0.25, -0.2) is 0 Å². The number of carbonyl (C=O) groups excluding carboxylic acids is 4. The fraction of sp³-hybridized carbons (Fsp3) is 0.553. The second-order valence-electron chi connectivity index (χ2n) is 14.1. The van der Waals surface area contributed by atoms with Gasteiger partial charge in [-0.2, -0.15) is 18.7 Å². The Morgan fingerprint density at radius 3 is 2.45 bits per heavy atom. The van der Waals surface area contributed by atoms with E-state index >= 15 is 0 Å². The molecule has 15 heteroatoms. The number of pyridine rings is 1. The van der Waals surface area contributed by atoms with Crippen LogP contribution < -0.4 is 15.4 Å². The summed E-state index contributed by atoms with van der Waals surface area (Å²) in [6.07, 6.45) is 6.83. The summed E-state index contributed by atoms with van der Waals surface area (Å²) in [5, 5.41) is 9.80. The van der Waals surface area contributed by atoms with Crippen LogP contribution in [0.4, 0.5) is 8.78 Å². The smallest absolute Gasteiger partial charge is 0.255 e. The molecule has 0 aliphatic carbocycles. The Hall–Kier alpha value is -4.95. The van der Waals surface area contributed by atoms with Gasteiger partial charge < -0.3 is 29.7 Å². The number of ether oxygens (including phenoxy) is 1. The van der Waals surface area contributed by atoms with E-state index in [1.807, 2.05) is 13.8 Å². The predicted octanol–water partition coefficient (Wildman–Crippen LogP) is 4.54. The fourth-order valence-electron chi connectivity index (χ4n) is 6.82. The summed E-state index contributed by atoms with van der Waals surface area (Å²) in [5.74, 6) is -2.86. The number of aryl methyl sites for hydroxylation is 1. The maximum absolute atomic E-state index is 14.7. The predicted molar refractivity (Wildman–Crippen MR) is 189 cm³/mol. The lowest BCUT2D eigenvalue weighted by molar-refractivity contribution is -0.147. The third-order valence-corrected chi connectivity index (χ3v) is 9.67. The van der Waals surface area contributed by atoms with Crippen LogP contribution in [0.3, 0.4) is 0 Å². The molecule has 53 heavy (non-hydrogen) atoms. The quantitative estimate of drug-likeness (QED) is 0.367. The fourth-order valence-corrected chi connectivity index (χ4v) is 6.82. The molecule has 1 aromatic carbocycles. The van der Waals surface area contributed by atoms with Gasteiger partial charge in [-0.3, -0.25) is 19.2 Å². The lowest BCUT2D eigenvalue weighted by Gasteiger charge is -2.34. The highest BCUT2D eigenvalue weighted by atomic mass is 19.1. The number of halogens is 2. The number of rotatable bonds is 4. The summed E-state index contributed by atoms with van der Waals surface area (Å²) < 4.78 is 39.7. The van der Waals surface area contributed by atoms with E-state index in [4.69, 9.17) is 9.26 Å². The number of amides is 4. The molecule has 13 nitrogen and oxygen atoms in total. The molecule has 4 heterocycles. The number of aromatic nitrogens is 3. The Kier molecular flexibility index (Phi) is 13.9. The second kappa shape index (κ2) is 18.7. The SMILES string of the molecule is CC(C)C[C@H]1NC(=O)c2ccccc2OCc2noc(n2)CCCCCCCCNC(=O)[C@H](Cc2ccc(F)nc2F)N(C)C(=O)[C@H]2CCCN2C1=O. The van der Waals surface area contributed by atoms with Gasteiger partial charge in [-0.05, 0) is 62.3 Å². The molecular formula is C38H49F2N7O6. The third kappa shape index (κ3) is 10.6. The highest BCUT2D eigenvalue weighted by Crippen LogP contribution is 2.25. The molecule has 3 atom stereocenters. The molecule has 1 fully saturated rings. The minimum absolute atomic E-state index is 0.00948. The summed E-state index contributed by atoms with van der Waals surface area (Å²) in [5.41, 5.74) is 0.190. The highest BCUT2D eigenvalue weighted by Gasteiger charge is 2.41. The first-order valence-corrected chi connectivity index (χ1v) is 18.5. The van der Waals surface area contributed by atoms with E-state index in [0.29, 0.717) is 50.4 Å². The standard InChI is InChI=1S/C38H49F2N7O6/c1-24(2)21-27-37(50)47-20-12-14-28(47)38(51)46(3)29(22-25-17-18-31(39)43-34(25)40)36(49)41-19-11-7-5-4-6-8-16-33-44-32(45-53-33)23-52-30-15-10-9-13-26(30)35(48)42-27/h9-10,13,15,17-18,24,27-29H,4-8,11-12,14,16,19-23H2,1-3H3,(H,41,49)(H,42,48)/t27-,28-,29+/m1/s1. The lowest BCUT2D eigenvalue weighted by Crippen LogP contribution is -2.57. The van der Waals surface area contributed by atoms with Gasteiger partial charge >= 0.3 is 0 Å². The van der Waals surface area contributed by atoms with Gasteiger partial charge in [0.1, 0.15) is 23.9 Å². The Balaban J connectivity index is 1.41. The topological polar surface area (TPSA) is 160 Å². The summed E-state index contributed by atoms with van der Waals surface area (Å²) in [4.78, 5) is 66.2. The van der Waals surface area contributed by atoms with Crippen molar-refractivity contribution in [3.8, 4) is 5.75 Å². The van der Waals surface area contributed by atoms with Gasteiger partial charge in [0.25, 0.3) is 5.91 Å². The molecule has 5 rings (SSSR count). The molecule has 2 aromatic heterocycles. The van der Waals surface area contributed by atoms with Crippen LogP contribution in [0.2, 0.25) is 0 Å². The number of hydrogen-bond donors (Lipinski definition) is 2. The van der Waals surface area contributed by atoms with Crippen LogP contribution >= 0.6 is 0 Å². The van der Waals surface area contributed by atoms with Crippen LogP contribution in [-0.2, 0) is 33.8 Å². The molecule has 286 valence electrons. The monoisotopic (exact) mass is 737 g/mol. The summed E-state index contributed by atoms with van der Waals surface area (Å²) in [7, 11) is 1.45. The van der Waals surface area contributed by atoms with Gasteiger partial charge in [0.2, 0.25) is 41.3 Å². The Morgan fingerprint density at radius 2 is 1.68 bits per heavy atom. The molecular weight excluding hydrogens is 688 g/mol. The van der Waals surface area contributed by atoms with Crippen molar-refractivity contribution in [1.29, 1.82) is 0 Å². The number of hydrogen-bond acceptors (Lipinski definition) is 9. The Bertz CT molecular complexity index is 1740. The minimum Gasteiger partial charge on any atom is -0.485 e. The summed E-state index contributed by atoms with van der Waals surface area (Å²) >= 11 is 0. The Morgan fingerprint density at radius 1 is 0.925 bits per heavy atom. The first-order chi connectivity index (χ1) is 25.5. The number of para-hydroxylation sites is 1. The average Bonchev–Trinajstić information content (AvgIpc) is 3.81. The van der Waals surface area contributed by atoms with Gasteiger partial charge in [-0.1, -0.05) is 56.8 Å². The van der Waals surface area contributed by atoms with E-state index in [0.717, 1.165) is 38.2 Å². The van der Waals surface area contributed by atoms with Crippen molar-refractivity contribution < 1.29 is 37.2 Å². The highest BCUT2D eigenvalue weighted by molar-refractivity contribution is 6.00. The van der Waals surface area contributed by atoms with Crippen molar-refractivity contribution in [3.63, 3.8) is 0 Å². The minimum atomic E-state index is -1.16. The zero-order chi connectivity index (χ0) is 37.9. The molecule has 0 unspecified atom stereocenters. The van der Waals surface area contributed by atoms with Crippen molar-refractivity contribution in [2.45, 2.75) is 109 Å². The Labute approximate surface area is 308 Å². The van der Waals surface area contributed by atoms with Gasteiger partial charge in [-0.15, -0.1) is 0 Å². The molecule has 2 aliphatic heterocycles. The zero-order valence-electron chi connectivity index (χ0n) is 30.6. The van der Waals surface area contributed by atoms with Crippen LogP contribution in [0.5, 0.6) is 5.75 Å². The number of carbonyl (C=O) groups is 4. The molecule has 2 N–H and O–H groups in total. The summed E-state index contributed by atoms with van der Waals surface area (Å²) in [6, 6.07) is 5.84. The van der Waals surface area contributed by atoms with Gasteiger partial charge in [0.05, 0.1) is 5.56 Å². The molecule has 0 saturated carbocycles. The van der Waals surface area contributed by atoms with Crippen molar-refractivity contribution in [2.24, 2.45) is 5.92 Å². The van der Waals surface area contributed by atoms with Crippen molar-refractivity contribution in [2.75, 3.05) is 20.1 Å². The number of nitrogens with one attached hydrogen (secondary N) is 2. The van der Waals surface area contributed by atoms with Gasteiger partial charge in [0, 0.05) is 38.5 Å². The number of fused-ring (bicyclic) bond motifs is 4. The van der Waals surface area contributed by atoms with E-state index in [-0.39, 0.29) is 42.4 Å². The molecule has 1 saturated heterocycles. The zero-order valence-corrected chi connectivity index (χ0v) is 30.6. The maximum Gasteiger partial charge on any atom is 0.255 e. The number of benzene rings is 1. The van der Waals surface area contributed by atoms with E-state index in [1.54, 1.807) is 24.3 Å². The molecule has 3 aromatic rings. The third-order valence-electron chi connectivity index (χ3n) is 9.67. The molecule has 4 amide bonds. The summed E-state index contributed by atoms with van der Waals surface area (Å²) in [6.45, 7) is 4.46. The van der Waals surface area contributed by atoms with Gasteiger partial charge in [0.15, 0.2) is 6.61 Å². The van der Waals surface area contributed by atoms with E-state index in [9.17, 15) is 28.0 Å². The molecule has 0 radical (unpaired) electrons. The number of likely N-dealkylation sites (N-methyl/N-ethyl adjacent to an activating group) is 1. The van der Waals surface area contributed by atoms with Crippen molar-refractivity contribution in [1.82, 2.24) is 35.6 Å². The van der Waals surface area contributed by atoms with Crippen LogP contribution in [0.1, 0.15) is 99.3 Å².